The normalized spacial score (nSPS) is 27.4. The Morgan fingerprint density at radius 2 is 1.90 bits per heavy atom. The average molecular weight is 402 g/mol. The smallest absolute Gasteiger partial charge is 0.253 e. The van der Waals surface area contributed by atoms with Crippen LogP contribution in [-0.2, 0) is 11.3 Å². The second-order valence-electron chi connectivity index (χ2n) is 9.67. The van der Waals surface area contributed by atoms with E-state index in [4.69, 9.17) is 0 Å². The Labute approximate surface area is 173 Å². The van der Waals surface area contributed by atoms with Gasteiger partial charge in [0, 0.05) is 37.2 Å². The Balaban J connectivity index is 1.44. The molecular weight excluding hydrogens is 366 g/mol. The van der Waals surface area contributed by atoms with Gasteiger partial charge in [0.2, 0.25) is 5.91 Å². The molecule has 0 radical (unpaired) electrons. The van der Waals surface area contributed by atoms with Crippen LogP contribution in [0.2, 0.25) is 0 Å². The van der Waals surface area contributed by atoms with Gasteiger partial charge in [-0.05, 0) is 31.6 Å². The van der Waals surface area contributed by atoms with Gasteiger partial charge in [-0.1, -0.05) is 44.9 Å². The molecule has 1 aromatic heterocycles. The number of rotatable bonds is 5. The molecule has 2 aliphatic carbocycles. The first kappa shape index (κ1) is 20.6. The third-order valence-corrected chi connectivity index (χ3v) is 7.90. The van der Waals surface area contributed by atoms with E-state index in [2.05, 4.69) is 4.98 Å². The largest absolute Gasteiger partial charge is 0.387 e. The summed E-state index contributed by atoms with van der Waals surface area (Å²) in [5.41, 5.74) is -1.40. The molecule has 1 aliphatic heterocycles. The molecule has 6 nitrogen and oxygen atoms in total. The van der Waals surface area contributed by atoms with Crippen molar-refractivity contribution in [2.45, 2.75) is 89.2 Å². The minimum Gasteiger partial charge on any atom is -0.387 e. The molecule has 2 saturated carbocycles. The summed E-state index contributed by atoms with van der Waals surface area (Å²) in [4.78, 5) is 31.2. The van der Waals surface area contributed by atoms with E-state index in [0.717, 1.165) is 32.1 Å². The van der Waals surface area contributed by atoms with Crippen LogP contribution in [0.4, 0.5) is 0 Å². The Morgan fingerprint density at radius 1 is 1.14 bits per heavy atom. The van der Waals surface area contributed by atoms with Crippen LogP contribution in [0.1, 0.15) is 77.0 Å². The molecule has 0 aromatic carbocycles. The fraction of sp³-hybridized carbons (Fsp3) is 0.783. The molecule has 1 unspecified atom stereocenters. The van der Waals surface area contributed by atoms with Crippen molar-refractivity contribution < 1.29 is 9.90 Å². The minimum atomic E-state index is -0.962. The van der Waals surface area contributed by atoms with Crippen LogP contribution in [0.3, 0.4) is 0 Å². The maximum atomic E-state index is 13.0. The lowest BCUT2D eigenvalue weighted by atomic mass is 9.65. The lowest BCUT2D eigenvalue weighted by Gasteiger charge is -2.52. The zero-order valence-corrected chi connectivity index (χ0v) is 17.5. The number of likely N-dealkylation sites (tertiary alicyclic amines) is 1. The van der Waals surface area contributed by atoms with Gasteiger partial charge >= 0.3 is 0 Å². The molecule has 1 saturated heterocycles. The van der Waals surface area contributed by atoms with Gasteiger partial charge in [0.25, 0.3) is 5.56 Å². The van der Waals surface area contributed by atoms with Crippen LogP contribution in [0.25, 0.3) is 0 Å². The topological polar surface area (TPSA) is 75.4 Å². The van der Waals surface area contributed by atoms with E-state index in [0.29, 0.717) is 31.8 Å². The molecule has 2 heterocycles. The Morgan fingerprint density at radius 3 is 2.62 bits per heavy atom. The van der Waals surface area contributed by atoms with E-state index in [1.807, 2.05) is 4.90 Å². The van der Waals surface area contributed by atoms with Gasteiger partial charge in [0.05, 0.1) is 18.5 Å². The predicted molar refractivity (Wildman–Crippen MR) is 111 cm³/mol. The molecular formula is C23H35N3O3. The highest BCUT2D eigenvalue weighted by Crippen LogP contribution is 2.51. The number of hydrogen-bond acceptors (Lipinski definition) is 4. The standard InChI is InChI=1S/C23H35N3O3/c27-20(9-8-19-6-2-1-3-7-19)25-15-13-23(29,22(16-25)11-4-5-12-22)17-26-18-24-14-10-21(26)28/h10,14,18-19,29H,1-9,11-13,15-17H2. The summed E-state index contributed by atoms with van der Waals surface area (Å²) < 4.78 is 1.53. The third kappa shape index (κ3) is 4.27. The van der Waals surface area contributed by atoms with Gasteiger partial charge in [-0.2, -0.15) is 0 Å². The van der Waals surface area contributed by atoms with Gasteiger partial charge in [-0.3, -0.25) is 14.2 Å². The van der Waals surface area contributed by atoms with Gasteiger partial charge < -0.3 is 10.0 Å². The van der Waals surface area contributed by atoms with Crippen molar-refractivity contribution in [3.63, 3.8) is 0 Å². The maximum Gasteiger partial charge on any atom is 0.253 e. The highest BCUT2D eigenvalue weighted by molar-refractivity contribution is 5.76. The molecule has 1 amide bonds. The summed E-state index contributed by atoms with van der Waals surface area (Å²) in [6.45, 7) is 1.47. The Bertz CT molecular complexity index is 765. The Hall–Kier alpha value is -1.69. The number of piperidine rings is 1. The van der Waals surface area contributed by atoms with Crippen molar-refractivity contribution in [3.8, 4) is 0 Å². The lowest BCUT2D eigenvalue weighted by Crippen LogP contribution is -2.62. The molecule has 3 fully saturated rings. The number of carbonyl (C=O) groups excluding carboxylic acids is 1. The summed E-state index contributed by atoms with van der Waals surface area (Å²) >= 11 is 0. The van der Waals surface area contributed by atoms with Crippen molar-refractivity contribution >= 4 is 5.91 Å². The highest BCUT2D eigenvalue weighted by atomic mass is 16.3. The van der Waals surface area contributed by atoms with Gasteiger partial charge in [0.15, 0.2) is 0 Å². The SMILES string of the molecule is O=C(CCC1CCCCC1)N1CCC(O)(Cn2cnccc2=O)C2(CCCC2)C1. The summed E-state index contributed by atoms with van der Waals surface area (Å²) in [6, 6.07) is 1.44. The van der Waals surface area contributed by atoms with Crippen molar-refractivity contribution in [1.29, 1.82) is 0 Å². The minimum absolute atomic E-state index is 0.132. The van der Waals surface area contributed by atoms with Crippen LogP contribution in [0, 0.1) is 11.3 Å². The second-order valence-corrected chi connectivity index (χ2v) is 9.67. The van der Waals surface area contributed by atoms with Crippen molar-refractivity contribution in [3.05, 3.63) is 28.9 Å². The van der Waals surface area contributed by atoms with Gasteiger partial charge in [-0.15, -0.1) is 0 Å². The molecule has 4 rings (SSSR count). The first-order chi connectivity index (χ1) is 14.0. The molecule has 0 bridgehead atoms. The van der Waals surface area contributed by atoms with Crippen molar-refractivity contribution in [2.24, 2.45) is 11.3 Å². The number of aromatic nitrogens is 2. The van der Waals surface area contributed by atoms with Gasteiger partial charge in [0.1, 0.15) is 0 Å². The zero-order valence-electron chi connectivity index (χ0n) is 17.5. The number of hydrogen-bond donors (Lipinski definition) is 1. The fourth-order valence-electron chi connectivity index (χ4n) is 6.05. The van der Waals surface area contributed by atoms with Crippen molar-refractivity contribution in [1.82, 2.24) is 14.5 Å². The molecule has 1 spiro atoms. The average Bonchev–Trinajstić information content (AvgIpc) is 3.21. The third-order valence-electron chi connectivity index (χ3n) is 7.90. The van der Waals surface area contributed by atoms with E-state index in [1.165, 1.54) is 55.3 Å². The molecule has 160 valence electrons. The number of amides is 1. The predicted octanol–water partition coefficient (Wildman–Crippen LogP) is 3.13. The molecule has 3 aliphatic rings. The van der Waals surface area contributed by atoms with E-state index in [1.54, 1.807) is 0 Å². The second kappa shape index (κ2) is 8.58. The number of nitrogens with zero attached hydrogens (tertiary/aromatic N) is 3. The van der Waals surface area contributed by atoms with Crippen LogP contribution < -0.4 is 5.56 Å². The van der Waals surface area contributed by atoms with Crippen LogP contribution >= 0.6 is 0 Å². The van der Waals surface area contributed by atoms with Crippen molar-refractivity contribution in [2.75, 3.05) is 13.1 Å². The first-order valence-corrected chi connectivity index (χ1v) is 11.5. The van der Waals surface area contributed by atoms with E-state index >= 15 is 0 Å². The van der Waals surface area contributed by atoms with E-state index in [9.17, 15) is 14.7 Å². The molecule has 1 N–H and O–H groups in total. The quantitative estimate of drug-likeness (QED) is 0.822. The number of carbonyl (C=O) groups is 1. The number of aliphatic hydroxyl groups is 1. The molecule has 6 heteroatoms. The summed E-state index contributed by atoms with van der Waals surface area (Å²) in [5.74, 6) is 0.967. The van der Waals surface area contributed by atoms with Crippen LogP contribution in [-0.4, -0.2) is 44.2 Å². The molecule has 29 heavy (non-hydrogen) atoms. The summed E-state index contributed by atoms with van der Waals surface area (Å²) in [6.07, 6.45) is 15.7. The lowest BCUT2D eigenvalue weighted by molar-refractivity contribution is -0.160. The van der Waals surface area contributed by atoms with Crippen LogP contribution in [0.5, 0.6) is 0 Å². The first-order valence-electron chi connectivity index (χ1n) is 11.5. The summed E-state index contributed by atoms with van der Waals surface area (Å²) in [5, 5.41) is 11.7. The summed E-state index contributed by atoms with van der Waals surface area (Å²) in [7, 11) is 0. The van der Waals surface area contributed by atoms with E-state index in [-0.39, 0.29) is 23.4 Å². The van der Waals surface area contributed by atoms with E-state index < -0.39 is 5.60 Å². The Kier molecular flexibility index (Phi) is 6.09. The van der Waals surface area contributed by atoms with Gasteiger partial charge in [-0.25, -0.2) is 4.98 Å². The fourth-order valence-corrected chi connectivity index (χ4v) is 6.05. The zero-order chi connectivity index (χ0) is 20.3. The van der Waals surface area contributed by atoms with Crippen LogP contribution in [0.15, 0.2) is 23.4 Å². The monoisotopic (exact) mass is 401 g/mol. The maximum absolute atomic E-state index is 13.0. The molecule has 1 atom stereocenters. The highest BCUT2D eigenvalue weighted by Gasteiger charge is 2.55. The molecule has 1 aromatic rings.